The van der Waals surface area contributed by atoms with Crippen LogP contribution in [0.25, 0.3) is 0 Å². The first-order valence-corrected chi connectivity index (χ1v) is 6.30. The van der Waals surface area contributed by atoms with Crippen LogP contribution in [0.5, 0.6) is 11.5 Å². The van der Waals surface area contributed by atoms with E-state index in [4.69, 9.17) is 9.47 Å². The minimum absolute atomic E-state index is 0.303. The molecule has 1 aromatic rings. The van der Waals surface area contributed by atoms with Gasteiger partial charge in [-0.05, 0) is 44.9 Å². The summed E-state index contributed by atoms with van der Waals surface area (Å²) in [6.45, 7) is 0. The summed E-state index contributed by atoms with van der Waals surface area (Å²) >= 11 is 0. The Labute approximate surface area is 103 Å². The van der Waals surface area contributed by atoms with Crippen molar-refractivity contribution in [1.29, 1.82) is 0 Å². The summed E-state index contributed by atoms with van der Waals surface area (Å²) in [6, 6.07) is 8.44. The van der Waals surface area contributed by atoms with Gasteiger partial charge in [-0.3, -0.25) is 0 Å². The minimum atomic E-state index is 0.303. The summed E-state index contributed by atoms with van der Waals surface area (Å²) < 4.78 is 11.3. The molecule has 1 aliphatic rings. The highest BCUT2D eigenvalue weighted by molar-refractivity contribution is 5.39. The Morgan fingerprint density at radius 2 is 1.94 bits per heavy atom. The molecule has 0 bridgehead atoms. The molecule has 1 N–H and O–H groups in total. The summed E-state index contributed by atoms with van der Waals surface area (Å²) in [5.74, 6) is 1.68. The molecule has 1 aromatic carbocycles. The zero-order valence-electron chi connectivity index (χ0n) is 10.6. The van der Waals surface area contributed by atoms with Crippen molar-refractivity contribution < 1.29 is 9.47 Å². The summed E-state index contributed by atoms with van der Waals surface area (Å²) in [5.41, 5.74) is 0. The second-order valence-corrected chi connectivity index (χ2v) is 4.54. The van der Waals surface area contributed by atoms with E-state index in [0.717, 1.165) is 24.3 Å². The maximum absolute atomic E-state index is 6.04. The Hall–Kier alpha value is -1.22. The van der Waals surface area contributed by atoms with Gasteiger partial charge >= 0.3 is 0 Å². The molecule has 1 aliphatic carbocycles. The van der Waals surface area contributed by atoms with Crippen molar-refractivity contribution in [3.05, 3.63) is 24.3 Å². The van der Waals surface area contributed by atoms with Crippen LogP contribution in [0, 0.1) is 0 Å². The van der Waals surface area contributed by atoms with Gasteiger partial charge in [0.15, 0.2) is 11.5 Å². The van der Waals surface area contributed by atoms with E-state index in [9.17, 15) is 0 Å². The first-order chi connectivity index (χ1) is 8.33. The lowest BCUT2D eigenvalue weighted by Gasteiger charge is -2.29. The lowest BCUT2D eigenvalue weighted by molar-refractivity contribution is 0.132. The maximum Gasteiger partial charge on any atom is 0.161 e. The van der Waals surface area contributed by atoms with Crippen molar-refractivity contribution in [2.75, 3.05) is 14.2 Å². The fraction of sp³-hybridized carbons (Fsp3) is 0.571. The van der Waals surface area contributed by atoms with Crippen LogP contribution in [0.4, 0.5) is 0 Å². The molecule has 0 radical (unpaired) electrons. The molecule has 0 heterocycles. The summed E-state index contributed by atoms with van der Waals surface area (Å²) in [6.07, 6.45) is 5.00. The molecule has 2 unspecified atom stereocenters. The molecule has 0 amide bonds. The fourth-order valence-corrected chi connectivity index (χ4v) is 2.41. The number of hydrogen-bond acceptors (Lipinski definition) is 3. The van der Waals surface area contributed by atoms with Gasteiger partial charge in [-0.1, -0.05) is 12.1 Å². The van der Waals surface area contributed by atoms with Gasteiger partial charge in [0.2, 0.25) is 0 Å². The van der Waals surface area contributed by atoms with Crippen molar-refractivity contribution in [3.8, 4) is 11.5 Å². The second kappa shape index (κ2) is 5.92. The highest BCUT2D eigenvalue weighted by atomic mass is 16.5. The minimum Gasteiger partial charge on any atom is -0.493 e. The van der Waals surface area contributed by atoms with Gasteiger partial charge in [0.1, 0.15) is 6.10 Å². The molecule has 1 saturated carbocycles. The van der Waals surface area contributed by atoms with Crippen LogP contribution < -0.4 is 14.8 Å². The lowest BCUT2D eigenvalue weighted by Crippen LogP contribution is -2.36. The van der Waals surface area contributed by atoms with Gasteiger partial charge in [0, 0.05) is 6.04 Å². The molecule has 1 fully saturated rings. The highest BCUT2D eigenvalue weighted by Gasteiger charge is 2.22. The number of benzene rings is 1. The zero-order valence-corrected chi connectivity index (χ0v) is 10.6. The van der Waals surface area contributed by atoms with Crippen LogP contribution in [-0.2, 0) is 0 Å². The predicted octanol–water partition coefficient (Wildman–Crippen LogP) is 2.60. The summed E-state index contributed by atoms with van der Waals surface area (Å²) in [4.78, 5) is 0. The van der Waals surface area contributed by atoms with E-state index in [1.54, 1.807) is 7.11 Å². The van der Waals surface area contributed by atoms with Crippen molar-refractivity contribution in [3.63, 3.8) is 0 Å². The molecular formula is C14H21NO2. The molecule has 0 aliphatic heterocycles. The van der Waals surface area contributed by atoms with Crippen LogP contribution in [0.2, 0.25) is 0 Å². The van der Waals surface area contributed by atoms with E-state index >= 15 is 0 Å². The third kappa shape index (κ3) is 3.13. The van der Waals surface area contributed by atoms with E-state index < -0.39 is 0 Å². The quantitative estimate of drug-likeness (QED) is 0.870. The second-order valence-electron chi connectivity index (χ2n) is 4.54. The Morgan fingerprint density at radius 1 is 1.18 bits per heavy atom. The van der Waals surface area contributed by atoms with Gasteiger partial charge < -0.3 is 14.8 Å². The Kier molecular flexibility index (Phi) is 4.26. The maximum atomic E-state index is 6.04. The first kappa shape index (κ1) is 12.2. The molecule has 2 atom stereocenters. The van der Waals surface area contributed by atoms with Crippen LogP contribution in [-0.4, -0.2) is 26.3 Å². The number of para-hydroxylation sites is 2. The van der Waals surface area contributed by atoms with E-state index in [0.29, 0.717) is 12.1 Å². The molecule has 0 aromatic heterocycles. The molecule has 2 rings (SSSR count). The number of rotatable bonds is 4. The van der Waals surface area contributed by atoms with Crippen LogP contribution >= 0.6 is 0 Å². The molecule has 3 heteroatoms. The van der Waals surface area contributed by atoms with E-state index in [2.05, 4.69) is 5.32 Å². The van der Waals surface area contributed by atoms with Crippen molar-refractivity contribution in [2.45, 2.75) is 37.8 Å². The molecular weight excluding hydrogens is 214 g/mol. The summed E-state index contributed by atoms with van der Waals surface area (Å²) in [7, 11) is 3.70. The van der Waals surface area contributed by atoms with Gasteiger partial charge in [0.25, 0.3) is 0 Å². The van der Waals surface area contributed by atoms with Gasteiger partial charge in [-0.2, -0.15) is 0 Å². The molecule has 94 valence electrons. The first-order valence-electron chi connectivity index (χ1n) is 6.30. The molecule has 0 spiro atoms. The number of ether oxygens (including phenoxy) is 2. The standard InChI is InChI=1S/C14H21NO2/c1-15-11-6-5-7-12(10-11)17-14-9-4-3-8-13(14)16-2/h3-4,8-9,11-12,15H,5-7,10H2,1-2H3. The van der Waals surface area contributed by atoms with Gasteiger partial charge in [-0.15, -0.1) is 0 Å². The monoisotopic (exact) mass is 235 g/mol. The number of methoxy groups -OCH3 is 1. The Bertz CT molecular complexity index is 354. The highest BCUT2D eigenvalue weighted by Crippen LogP contribution is 2.30. The molecule has 3 nitrogen and oxygen atoms in total. The lowest BCUT2D eigenvalue weighted by atomic mass is 9.93. The smallest absolute Gasteiger partial charge is 0.161 e. The van der Waals surface area contributed by atoms with Crippen molar-refractivity contribution >= 4 is 0 Å². The van der Waals surface area contributed by atoms with Crippen LogP contribution in [0.1, 0.15) is 25.7 Å². The normalized spacial score (nSPS) is 24.4. The van der Waals surface area contributed by atoms with Crippen LogP contribution in [0.15, 0.2) is 24.3 Å². The van der Waals surface area contributed by atoms with E-state index in [1.165, 1.54) is 12.8 Å². The average molecular weight is 235 g/mol. The number of hydrogen-bond donors (Lipinski definition) is 1. The van der Waals surface area contributed by atoms with Crippen LogP contribution in [0.3, 0.4) is 0 Å². The summed E-state index contributed by atoms with van der Waals surface area (Å²) in [5, 5.41) is 3.34. The van der Waals surface area contributed by atoms with Crippen molar-refractivity contribution in [1.82, 2.24) is 5.32 Å². The topological polar surface area (TPSA) is 30.5 Å². The van der Waals surface area contributed by atoms with Crippen molar-refractivity contribution in [2.24, 2.45) is 0 Å². The van der Waals surface area contributed by atoms with E-state index in [1.807, 2.05) is 31.3 Å². The zero-order chi connectivity index (χ0) is 12.1. The third-order valence-corrected chi connectivity index (χ3v) is 3.40. The third-order valence-electron chi connectivity index (χ3n) is 3.40. The average Bonchev–Trinajstić information content (AvgIpc) is 2.39. The van der Waals surface area contributed by atoms with E-state index in [-0.39, 0.29) is 0 Å². The Balaban J connectivity index is 2.00. The molecule has 0 saturated heterocycles. The number of nitrogens with one attached hydrogen (secondary N) is 1. The largest absolute Gasteiger partial charge is 0.493 e. The molecule has 17 heavy (non-hydrogen) atoms. The van der Waals surface area contributed by atoms with Gasteiger partial charge in [0.05, 0.1) is 7.11 Å². The predicted molar refractivity (Wildman–Crippen MR) is 68.7 cm³/mol. The Morgan fingerprint density at radius 3 is 2.65 bits per heavy atom. The SMILES string of the molecule is CNC1CCCC(Oc2ccccc2OC)C1. The van der Waals surface area contributed by atoms with Gasteiger partial charge in [-0.25, -0.2) is 0 Å². The fourth-order valence-electron chi connectivity index (χ4n) is 2.41.